The third-order valence-electron chi connectivity index (χ3n) is 17.2. The van der Waals surface area contributed by atoms with Gasteiger partial charge in [0.1, 0.15) is 24.2 Å². The third kappa shape index (κ3) is 23.3. The van der Waals surface area contributed by atoms with Crippen LogP contribution in [0.3, 0.4) is 0 Å². The molecule has 0 spiro atoms. The van der Waals surface area contributed by atoms with Gasteiger partial charge in [0.05, 0.1) is 24.6 Å². The van der Waals surface area contributed by atoms with Crippen molar-refractivity contribution in [1.29, 1.82) is 0 Å². The summed E-state index contributed by atoms with van der Waals surface area (Å²) in [4.78, 5) is 140. The first-order chi connectivity index (χ1) is 43.9. The highest BCUT2D eigenvalue weighted by Crippen LogP contribution is 2.30. The van der Waals surface area contributed by atoms with Crippen LogP contribution in [0.25, 0.3) is 10.9 Å². The largest absolute Gasteiger partial charge is 0.393 e. The highest BCUT2D eigenvalue weighted by molar-refractivity contribution is 5.98. The van der Waals surface area contributed by atoms with Gasteiger partial charge in [0.2, 0.25) is 41.4 Å². The van der Waals surface area contributed by atoms with Crippen LogP contribution in [0.15, 0.2) is 90.1 Å². The molecule has 1 aliphatic carbocycles. The van der Waals surface area contributed by atoms with Crippen LogP contribution in [0, 0.1) is 17.8 Å². The second kappa shape index (κ2) is 37.9. The van der Waals surface area contributed by atoms with E-state index in [1.165, 1.54) is 0 Å². The average Bonchev–Trinajstić information content (AvgIpc) is 2.20. The Balaban J connectivity index is 1.41. The summed E-state index contributed by atoms with van der Waals surface area (Å²) in [6.45, 7) is 2.12. The number of nitrogens with zero attached hydrogens (tertiary/aromatic N) is 1. The molecule has 24 heteroatoms. The number of rotatable bonds is 29. The Morgan fingerprint density at radius 3 is 1.93 bits per heavy atom. The van der Waals surface area contributed by atoms with Crippen LogP contribution in [-0.2, 0) is 68.8 Å². The summed E-state index contributed by atoms with van der Waals surface area (Å²) in [5.74, 6) is -9.01. The van der Waals surface area contributed by atoms with Gasteiger partial charge in [0.25, 0.3) is 0 Å². The zero-order chi connectivity index (χ0) is 65.7. The van der Waals surface area contributed by atoms with Crippen molar-refractivity contribution in [3.63, 3.8) is 0 Å². The maximum Gasteiger partial charge on any atom is 0.243 e. The minimum atomic E-state index is -1.33. The van der Waals surface area contributed by atoms with Crippen LogP contribution in [0.4, 0.5) is 0 Å². The van der Waals surface area contributed by atoms with Gasteiger partial charge in [-0.1, -0.05) is 112 Å². The standard InChI is InChI=1S/C67H98N14O10/c1-2-3-4-5-9-21-49(82)40-59(85)76-52(26-30-69)57(83)38-45-28-33-73-63(88)56(37-48-41-75-51-23-13-12-22-50(48)51)80-65(90)55(25-16-32-74-67(71)72)78-64(89)54(24-14-15-29-68)79-66(91)60(46-35-43-19-10-11-20-44(43)36-46)81-62(87)47(34-42-17-7-6-8-18-42)39-58(84)53(27-31-70)77-61(45)86/h6-8,10-13,17-20,22-23,41,45-47,49,52-56,60,75,82H,2-5,9,14-16,21,24-40,68-70H2,1H3,(H,73,88)(H,76,85)(H,77,86)(H,78,89)(H,79,91)(H,80,90)(H,81,87)(H4,71,72,74)/t45-,47+,49-,52-,53+,54+,55+,56+,60+/m1/s1. The summed E-state index contributed by atoms with van der Waals surface area (Å²) in [7, 11) is 0. The van der Waals surface area contributed by atoms with Gasteiger partial charge in [-0.3, -0.25) is 48.1 Å². The van der Waals surface area contributed by atoms with Gasteiger partial charge in [0.15, 0.2) is 17.5 Å². The van der Waals surface area contributed by atoms with E-state index in [9.17, 15) is 38.7 Å². The zero-order valence-corrected chi connectivity index (χ0v) is 52.7. The fraction of sp³-hybridized carbons (Fsp3) is 0.552. The number of guanidine groups is 1. The van der Waals surface area contributed by atoms with Crippen LogP contribution in [-0.4, -0.2) is 144 Å². The summed E-state index contributed by atoms with van der Waals surface area (Å²) in [6.07, 6.45) is 6.38. The minimum absolute atomic E-state index is 0.00198. The number of amides is 7. The second-order valence-corrected chi connectivity index (χ2v) is 24.3. The first-order valence-corrected chi connectivity index (χ1v) is 32.5. The minimum Gasteiger partial charge on any atom is -0.393 e. The normalized spacial score (nSPS) is 21.7. The quantitative estimate of drug-likeness (QED) is 0.0210. The molecule has 0 unspecified atom stereocenters. The van der Waals surface area contributed by atoms with Gasteiger partial charge < -0.3 is 76.0 Å². The fourth-order valence-electron chi connectivity index (χ4n) is 12.1. The number of aliphatic hydroxyl groups is 1. The predicted molar refractivity (Wildman–Crippen MR) is 349 cm³/mol. The smallest absolute Gasteiger partial charge is 0.243 e. The number of ketones is 2. The molecule has 1 aromatic heterocycles. The molecule has 19 N–H and O–H groups in total. The van der Waals surface area contributed by atoms with Crippen molar-refractivity contribution in [2.75, 3.05) is 32.7 Å². The van der Waals surface area contributed by atoms with E-state index in [-0.39, 0.29) is 96.5 Å². The molecule has 1 aliphatic heterocycles. The molecule has 6 rings (SSSR count). The number of aromatic nitrogens is 1. The molecule has 7 amide bonds. The number of unbranched alkanes of at least 4 members (excludes halogenated alkanes) is 5. The summed E-state index contributed by atoms with van der Waals surface area (Å²) >= 11 is 0. The molecule has 1 fully saturated rings. The summed E-state index contributed by atoms with van der Waals surface area (Å²) in [5.41, 5.74) is 33.5. The first kappa shape index (κ1) is 72.0. The number of benzene rings is 3. The van der Waals surface area contributed by atoms with E-state index in [1.807, 2.05) is 54.6 Å². The number of aromatic amines is 1. The molecule has 0 radical (unpaired) electrons. The van der Waals surface area contributed by atoms with E-state index in [0.29, 0.717) is 43.2 Å². The molecule has 3 aromatic carbocycles. The van der Waals surface area contributed by atoms with Crippen LogP contribution >= 0.6 is 0 Å². The van der Waals surface area contributed by atoms with Crippen LogP contribution in [0.2, 0.25) is 0 Å². The number of fused-ring (bicyclic) bond motifs is 2. The number of nitrogens with one attached hydrogen (secondary N) is 8. The van der Waals surface area contributed by atoms with Gasteiger partial charge in [0, 0.05) is 61.3 Å². The monoisotopic (exact) mass is 1260 g/mol. The highest BCUT2D eigenvalue weighted by Gasteiger charge is 2.40. The van der Waals surface area contributed by atoms with Crippen molar-refractivity contribution in [2.45, 2.75) is 184 Å². The van der Waals surface area contributed by atoms with Crippen LogP contribution in [0.1, 0.15) is 138 Å². The lowest BCUT2D eigenvalue weighted by molar-refractivity contribution is -0.137. The van der Waals surface area contributed by atoms with Gasteiger partial charge in [-0.2, -0.15) is 0 Å². The lowest BCUT2D eigenvalue weighted by Crippen LogP contribution is -2.59. The number of aliphatic hydroxyl groups excluding tert-OH is 1. The number of carbonyl (C=O) groups is 9. The van der Waals surface area contributed by atoms with Crippen molar-refractivity contribution in [2.24, 2.45) is 51.4 Å². The average molecular weight is 1260 g/mol. The topological polar surface area (TPSA) is 416 Å². The number of nitrogens with two attached hydrogens (primary N) is 5. The maximum absolute atomic E-state index is 15.2. The van der Waals surface area contributed by atoms with Crippen molar-refractivity contribution in [1.82, 2.24) is 42.2 Å². The molecule has 496 valence electrons. The fourth-order valence-corrected chi connectivity index (χ4v) is 12.1. The molecule has 2 heterocycles. The Labute approximate surface area is 533 Å². The lowest BCUT2D eigenvalue weighted by Gasteiger charge is -2.29. The van der Waals surface area contributed by atoms with E-state index in [0.717, 1.165) is 54.1 Å². The summed E-state index contributed by atoms with van der Waals surface area (Å²) in [6, 6.07) is 16.5. The van der Waals surface area contributed by atoms with Crippen molar-refractivity contribution >= 4 is 69.8 Å². The Morgan fingerprint density at radius 2 is 1.25 bits per heavy atom. The van der Waals surface area contributed by atoms with Gasteiger partial charge >= 0.3 is 0 Å². The van der Waals surface area contributed by atoms with Crippen molar-refractivity contribution in [3.8, 4) is 0 Å². The molecule has 1 saturated heterocycles. The van der Waals surface area contributed by atoms with Crippen molar-refractivity contribution < 1.29 is 48.3 Å². The van der Waals surface area contributed by atoms with E-state index in [4.69, 9.17) is 28.7 Å². The number of Topliss-reactive ketones (excluding diaryl/α,β-unsaturated/α-hetero) is 2. The number of para-hydroxylation sites is 1. The Bertz CT molecular complexity index is 3040. The molecule has 91 heavy (non-hydrogen) atoms. The summed E-state index contributed by atoms with van der Waals surface area (Å²) in [5, 5.41) is 31.7. The number of H-pyrrole nitrogens is 1. The molecule has 2 aliphatic rings. The second-order valence-electron chi connectivity index (χ2n) is 24.3. The number of aliphatic imine (C=N–C) groups is 1. The molecule has 24 nitrogen and oxygen atoms in total. The van der Waals surface area contributed by atoms with Gasteiger partial charge in [-0.15, -0.1) is 0 Å². The zero-order valence-electron chi connectivity index (χ0n) is 52.7. The Kier molecular flexibility index (Phi) is 30.0. The molecule has 0 saturated carbocycles. The van der Waals surface area contributed by atoms with Gasteiger partial charge in [-0.25, -0.2) is 0 Å². The molecular weight excluding hydrogens is 1160 g/mol. The number of carbonyl (C=O) groups excluding carboxylic acids is 9. The Morgan fingerprint density at radius 1 is 0.615 bits per heavy atom. The van der Waals surface area contributed by atoms with E-state index < -0.39 is 126 Å². The van der Waals surface area contributed by atoms with Gasteiger partial charge in [-0.05, 0) is 131 Å². The molecule has 9 atom stereocenters. The summed E-state index contributed by atoms with van der Waals surface area (Å²) < 4.78 is 0. The molecule has 0 bridgehead atoms. The van der Waals surface area contributed by atoms with E-state index >= 15 is 9.59 Å². The van der Waals surface area contributed by atoms with E-state index in [1.54, 1.807) is 30.5 Å². The lowest BCUT2D eigenvalue weighted by atomic mass is 9.88. The highest BCUT2D eigenvalue weighted by atomic mass is 16.3. The van der Waals surface area contributed by atoms with Crippen LogP contribution in [0.5, 0.6) is 0 Å². The predicted octanol–water partition coefficient (Wildman–Crippen LogP) is 1.94. The van der Waals surface area contributed by atoms with Crippen LogP contribution < -0.4 is 65.9 Å². The first-order valence-electron chi connectivity index (χ1n) is 32.5. The third-order valence-corrected chi connectivity index (χ3v) is 17.2. The van der Waals surface area contributed by atoms with E-state index in [2.05, 4.69) is 54.1 Å². The van der Waals surface area contributed by atoms with Crippen molar-refractivity contribution in [3.05, 3.63) is 107 Å². The SMILES string of the molecule is CCCCCCC[C@@H](O)CC(=O)N[C@H](CCN)C(=O)C[C@H]1CCNC(=O)[C@H](Cc2c[nH]c3ccccc23)NC(=O)[C@H](CCCN=C(N)N)NC(=O)[C@H](CCCCN)NC(=O)[C@H](C2Cc3ccccc3C2)NC(=O)[C@@H](Cc2ccccc2)CC(=O)[C@H](CCN)NC1=O. The Hall–Kier alpha value is -8.06. The molecular formula is C67H98N14O10. The maximum atomic E-state index is 15.2. The number of hydrogen-bond donors (Lipinski definition) is 14. The number of hydrogen-bond acceptors (Lipinski definition) is 14. The molecule has 4 aromatic rings.